The number of halogens is 1. The van der Waals surface area contributed by atoms with Gasteiger partial charge in [0.25, 0.3) is 0 Å². The fourth-order valence-corrected chi connectivity index (χ4v) is 5.09. The first-order valence-electron chi connectivity index (χ1n) is 11.0. The number of aromatic nitrogens is 3. The van der Waals surface area contributed by atoms with Gasteiger partial charge in [0, 0.05) is 17.9 Å². The quantitative estimate of drug-likeness (QED) is 0.535. The molecule has 166 valence electrons. The van der Waals surface area contributed by atoms with Gasteiger partial charge in [-0.2, -0.15) is 0 Å². The fraction of sp³-hybridized carbons (Fsp3) is 0.375. The van der Waals surface area contributed by atoms with Crippen molar-refractivity contribution in [3.8, 4) is 11.4 Å². The van der Waals surface area contributed by atoms with Crippen molar-refractivity contribution < 1.29 is 13.9 Å². The number of hydrogen-bond acceptors (Lipinski definition) is 5. The summed E-state index contributed by atoms with van der Waals surface area (Å²) in [6.45, 7) is 1.36. The van der Waals surface area contributed by atoms with E-state index in [4.69, 9.17) is 4.74 Å². The monoisotopic (exact) mass is 452 g/mol. The SMILES string of the molecule is O=C(CSc1nnc(-c2ccc(F)cc2)n1C[C@H]1CCCO1)Nc1ccc2c(c1)CCC2. The first-order valence-corrected chi connectivity index (χ1v) is 12.0. The van der Waals surface area contributed by atoms with Crippen molar-refractivity contribution in [2.45, 2.75) is 49.9 Å². The second kappa shape index (κ2) is 9.42. The van der Waals surface area contributed by atoms with E-state index in [1.165, 1.54) is 41.4 Å². The number of ether oxygens (including phenoxy) is 1. The van der Waals surface area contributed by atoms with Crippen LogP contribution in [0, 0.1) is 5.82 Å². The summed E-state index contributed by atoms with van der Waals surface area (Å²) in [6, 6.07) is 12.4. The lowest BCUT2D eigenvalue weighted by molar-refractivity contribution is -0.113. The number of benzene rings is 2. The average molecular weight is 453 g/mol. The van der Waals surface area contributed by atoms with Gasteiger partial charge in [-0.05, 0) is 79.6 Å². The molecular weight excluding hydrogens is 427 g/mol. The van der Waals surface area contributed by atoms with Gasteiger partial charge in [-0.25, -0.2) is 4.39 Å². The molecule has 0 radical (unpaired) electrons. The van der Waals surface area contributed by atoms with Crippen LogP contribution in [0.5, 0.6) is 0 Å². The summed E-state index contributed by atoms with van der Waals surface area (Å²) in [7, 11) is 0. The maximum absolute atomic E-state index is 13.4. The summed E-state index contributed by atoms with van der Waals surface area (Å²) in [6.07, 6.45) is 5.47. The van der Waals surface area contributed by atoms with E-state index < -0.39 is 0 Å². The lowest BCUT2D eigenvalue weighted by atomic mass is 10.1. The Labute approximate surface area is 190 Å². The molecule has 1 aliphatic heterocycles. The molecule has 1 amide bonds. The normalized spacial score (nSPS) is 17.5. The van der Waals surface area contributed by atoms with Crippen molar-refractivity contribution in [2.75, 3.05) is 17.7 Å². The second-order valence-electron chi connectivity index (χ2n) is 8.23. The number of hydrogen-bond donors (Lipinski definition) is 1. The molecule has 1 aromatic heterocycles. The number of carbonyl (C=O) groups excluding carboxylic acids is 1. The van der Waals surface area contributed by atoms with Gasteiger partial charge in [-0.3, -0.25) is 9.36 Å². The molecule has 2 aromatic carbocycles. The molecule has 3 aromatic rings. The molecule has 0 saturated carbocycles. The van der Waals surface area contributed by atoms with Crippen molar-refractivity contribution in [1.82, 2.24) is 14.8 Å². The lowest BCUT2D eigenvalue weighted by Gasteiger charge is -2.15. The van der Waals surface area contributed by atoms with Crippen LogP contribution in [0.4, 0.5) is 10.1 Å². The minimum absolute atomic E-state index is 0.0806. The van der Waals surface area contributed by atoms with Crippen LogP contribution in [0.3, 0.4) is 0 Å². The van der Waals surface area contributed by atoms with E-state index in [0.29, 0.717) is 17.5 Å². The fourth-order valence-electron chi connectivity index (χ4n) is 4.34. The van der Waals surface area contributed by atoms with Crippen LogP contribution in [0.2, 0.25) is 0 Å². The van der Waals surface area contributed by atoms with Crippen molar-refractivity contribution >= 4 is 23.4 Å². The molecule has 1 N–H and O–H groups in total. The van der Waals surface area contributed by atoms with E-state index >= 15 is 0 Å². The van der Waals surface area contributed by atoms with Gasteiger partial charge in [0.2, 0.25) is 5.91 Å². The van der Waals surface area contributed by atoms with Crippen molar-refractivity contribution in [3.63, 3.8) is 0 Å². The molecule has 2 aliphatic rings. The Morgan fingerprint density at radius 3 is 2.78 bits per heavy atom. The number of nitrogens with one attached hydrogen (secondary N) is 1. The third kappa shape index (κ3) is 4.71. The van der Waals surface area contributed by atoms with Gasteiger partial charge in [-0.1, -0.05) is 17.8 Å². The number of rotatable bonds is 7. The molecule has 6 nitrogen and oxygen atoms in total. The molecule has 2 heterocycles. The van der Waals surface area contributed by atoms with Crippen LogP contribution in [-0.4, -0.2) is 39.1 Å². The molecule has 5 rings (SSSR count). The molecule has 32 heavy (non-hydrogen) atoms. The van der Waals surface area contributed by atoms with Crippen LogP contribution in [-0.2, 0) is 28.9 Å². The number of thioether (sulfide) groups is 1. The van der Waals surface area contributed by atoms with Crippen molar-refractivity contribution in [3.05, 3.63) is 59.4 Å². The third-order valence-corrected chi connectivity index (χ3v) is 6.91. The molecule has 8 heteroatoms. The highest BCUT2D eigenvalue weighted by molar-refractivity contribution is 7.99. The minimum atomic E-state index is -0.295. The van der Waals surface area contributed by atoms with Crippen LogP contribution in [0.25, 0.3) is 11.4 Å². The van der Waals surface area contributed by atoms with E-state index in [9.17, 15) is 9.18 Å². The number of aryl methyl sites for hydroxylation is 2. The van der Waals surface area contributed by atoms with Crippen LogP contribution < -0.4 is 5.32 Å². The van der Waals surface area contributed by atoms with Gasteiger partial charge < -0.3 is 10.1 Å². The van der Waals surface area contributed by atoms with E-state index in [1.807, 2.05) is 10.6 Å². The largest absolute Gasteiger partial charge is 0.376 e. The highest BCUT2D eigenvalue weighted by Crippen LogP contribution is 2.28. The predicted molar refractivity (Wildman–Crippen MR) is 122 cm³/mol. The van der Waals surface area contributed by atoms with E-state index in [0.717, 1.165) is 43.5 Å². The van der Waals surface area contributed by atoms with Gasteiger partial charge in [0.15, 0.2) is 11.0 Å². The topological polar surface area (TPSA) is 69.0 Å². The number of fused-ring (bicyclic) bond motifs is 1. The van der Waals surface area contributed by atoms with Gasteiger partial charge >= 0.3 is 0 Å². The number of nitrogens with zero attached hydrogens (tertiary/aromatic N) is 3. The number of amides is 1. The summed E-state index contributed by atoms with van der Waals surface area (Å²) >= 11 is 1.35. The first-order chi connectivity index (χ1) is 15.7. The first kappa shape index (κ1) is 21.2. The Morgan fingerprint density at radius 1 is 1.12 bits per heavy atom. The standard InChI is InChI=1S/C24H25FN4O2S/c25-19-9-6-17(7-10-19)23-27-28-24(29(23)14-21-5-2-12-31-21)32-15-22(30)26-20-11-8-16-3-1-4-18(16)13-20/h6-11,13,21H,1-5,12,14-15H2,(H,26,30)/t21-/m1/s1. The molecule has 0 unspecified atom stereocenters. The van der Waals surface area contributed by atoms with Gasteiger partial charge in [0.1, 0.15) is 5.82 Å². The zero-order valence-corrected chi connectivity index (χ0v) is 18.5. The van der Waals surface area contributed by atoms with E-state index in [1.54, 1.807) is 12.1 Å². The summed E-state index contributed by atoms with van der Waals surface area (Å²) in [5.74, 6) is 0.506. The van der Waals surface area contributed by atoms with Crippen LogP contribution in [0.1, 0.15) is 30.4 Å². The Kier molecular flexibility index (Phi) is 6.23. The predicted octanol–water partition coefficient (Wildman–Crippen LogP) is 4.48. The zero-order chi connectivity index (χ0) is 21.9. The van der Waals surface area contributed by atoms with E-state index in [-0.39, 0.29) is 23.6 Å². The summed E-state index contributed by atoms with van der Waals surface area (Å²) in [5.41, 5.74) is 4.33. The third-order valence-electron chi connectivity index (χ3n) is 5.94. The van der Waals surface area contributed by atoms with Crippen molar-refractivity contribution in [1.29, 1.82) is 0 Å². The van der Waals surface area contributed by atoms with E-state index in [2.05, 4.69) is 27.6 Å². The number of anilines is 1. The average Bonchev–Trinajstić information content (AvgIpc) is 3.54. The Morgan fingerprint density at radius 2 is 1.97 bits per heavy atom. The second-order valence-corrected chi connectivity index (χ2v) is 9.18. The minimum Gasteiger partial charge on any atom is -0.376 e. The molecular formula is C24H25FN4O2S. The summed E-state index contributed by atoms with van der Waals surface area (Å²) < 4.78 is 21.2. The molecule has 0 spiro atoms. The summed E-state index contributed by atoms with van der Waals surface area (Å²) in [4.78, 5) is 12.6. The Bertz CT molecular complexity index is 1110. The highest BCUT2D eigenvalue weighted by Gasteiger charge is 2.22. The molecule has 0 bridgehead atoms. The Balaban J connectivity index is 1.30. The van der Waals surface area contributed by atoms with Crippen LogP contribution in [0.15, 0.2) is 47.6 Å². The summed E-state index contributed by atoms with van der Waals surface area (Å²) in [5, 5.41) is 12.3. The van der Waals surface area contributed by atoms with Gasteiger partial charge in [-0.15, -0.1) is 10.2 Å². The smallest absolute Gasteiger partial charge is 0.234 e. The number of carbonyl (C=O) groups is 1. The molecule has 1 atom stereocenters. The maximum atomic E-state index is 13.4. The zero-order valence-electron chi connectivity index (χ0n) is 17.7. The highest BCUT2D eigenvalue weighted by atomic mass is 32.2. The maximum Gasteiger partial charge on any atom is 0.234 e. The molecule has 1 fully saturated rings. The van der Waals surface area contributed by atoms with Crippen LogP contribution >= 0.6 is 11.8 Å². The molecule has 1 saturated heterocycles. The van der Waals surface area contributed by atoms with Crippen molar-refractivity contribution in [2.24, 2.45) is 0 Å². The lowest BCUT2D eigenvalue weighted by Crippen LogP contribution is -2.18. The van der Waals surface area contributed by atoms with Gasteiger partial charge in [0.05, 0.1) is 18.4 Å². The Hall–Kier alpha value is -2.71. The molecule has 1 aliphatic carbocycles.